The second-order valence-electron chi connectivity index (χ2n) is 7.14. The topological polar surface area (TPSA) is 82.8 Å². The van der Waals surface area contributed by atoms with Crippen LogP contribution in [0.4, 0.5) is 0 Å². The first kappa shape index (κ1) is 22.1. The number of methoxy groups -OCH3 is 1. The van der Waals surface area contributed by atoms with Crippen LogP contribution in [0.5, 0.6) is 5.75 Å². The van der Waals surface area contributed by atoms with Crippen LogP contribution in [0.2, 0.25) is 0 Å². The molecule has 0 spiro atoms. The molecule has 0 saturated carbocycles. The van der Waals surface area contributed by atoms with Crippen molar-refractivity contribution in [2.45, 2.75) is 33.0 Å². The van der Waals surface area contributed by atoms with E-state index in [9.17, 15) is 14.4 Å². The Hall–Kier alpha value is -3.55. The van der Waals surface area contributed by atoms with Crippen molar-refractivity contribution in [3.63, 3.8) is 0 Å². The number of aromatic nitrogens is 2. The molecule has 0 saturated heterocycles. The van der Waals surface area contributed by atoms with Gasteiger partial charge in [0.15, 0.2) is 6.61 Å². The maximum Gasteiger partial charge on any atom is 0.329 e. The third kappa shape index (κ3) is 4.96. The van der Waals surface area contributed by atoms with Gasteiger partial charge in [-0.2, -0.15) is 0 Å². The summed E-state index contributed by atoms with van der Waals surface area (Å²) in [5.74, 6) is -0.158. The summed E-state index contributed by atoms with van der Waals surface area (Å²) in [6.07, 6.45) is 0.00112. The minimum absolute atomic E-state index is 0.00112. The zero-order valence-corrected chi connectivity index (χ0v) is 18.0. The van der Waals surface area contributed by atoms with Gasteiger partial charge in [-0.25, -0.2) is 4.79 Å². The number of nitrogens with zero attached hydrogens (tertiary/aromatic N) is 3. The lowest BCUT2D eigenvalue weighted by molar-refractivity contribution is -0.151. The molecule has 0 atom stereocenters. The second kappa shape index (κ2) is 9.97. The van der Waals surface area contributed by atoms with Gasteiger partial charge >= 0.3 is 11.7 Å². The lowest BCUT2D eigenvalue weighted by Gasteiger charge is -2.18. The highest BCUT2D eigenvalue weighted by Crippen LogP contribution is 2.18. The summed E-state index contributed by atoms with van der Waals surface area (Å²) in [7, 11) is 3.22. The van der Waals surface area contributed by atoms with E-state index in [1.165, 1.54) is 4.90 Å². The van der Waals surface area contributed by atoms with E-state index in [2.05, 4.69) is 0 Å². The van der Waals surface area contributed by atoms with E-state index >= 15 is 0 Å². The summed E-state index contributed by atoms with van der Waals surface area (Å²) in [6.45, 7) is 2.63. The van der Waals surface area contributed by atoms with Crippen molar-refractivity contribution in [3.8, 4) is 5.75 Å². The van der Waals surface area contributed by atoms with Crippen molar-refractivity contribution >= 4 is 22.9 Å². The molecule has 0 aliphatic carbocycles. The van der Waals surface area contributed by atoms with Crippen LogP contribution < -0.4 is 10.4 Å². The van der Waals surface area contributed by atoms with E-state index in [1.54, 1.807) is 23.3 Å². The van der Waals surface area contributed by atoms with Crippen LogP contribution in [0.3, 0.4) is 0 Å². The smallest absolute Gasteiger partial charge is 0.329 e. The Bertz CT molecular complexity index is 1130. The van der Waals surface area contributed by atoms with Gasteiger partial charge in [0.2, 0.25) is 0 Å². The van der Waals surface area contributed by atoms with Gasteiger partial charge in [0.1, 0.15) is 5.75 Å². The largest absolute Gasteiger partial charge is 0.496 e. The molecule has 0 bridgehead atoms. The number of rotatable bonds is 9. The van der Waals surface area contributed by atoms with Crippen LogP contribution in [-0.4, -0.2) is 46.7 Å². The van der Waals surface area contributed by atoms with Gasteiger partial charge in [-0.1, -0.05) is 30.3 Å². The van der Waals surface area contributed by atoms with E-state index in [0.717, 1.165) is 16.6 Å². The fourth-order valence-corrected chi connectivity index (χ4v) is 3.50. The molecule has 164 valence electrons. The normalized spacial score (nSPS) is 10.8. The summed E-state index contributed by atoms with van der Waals surface area (Å²) >= 11 is 0. The van der Waals surface area contributed by atoms with Gasteiger partial charge in [-0.05, 0) is 25.1 Å². The standard InChI is InChI=1S/C23H27N3O5/c1-4-25-18-10-6-7-11-19(18)26(23(25)29)14-13-22(28)31-16-21(27)24(2)15-17-9-5-8-12-20(17)30-3/h5-12H,4,13-16H2,1-3H3. The molecule has 3 rings (SSSR count). The molecule has 0 aliphatic heterocycles. The average molecular weight is 425 g/mol. The lowest BCUT2D eigenvalue weighted by Crippen LogP contribution is -2.31. The highest BCUT2D eigenvalue weighted by Gasteiger charge is 2.16. The Morgan fingerprint density at radius 3 is 2.32 bits per heavy atom. The number of imidazole rings is 1. The van der Waals surface area contributed by atoms with Crippen molar-refractivity contribution in [1.82, 2.24) is 14.0 Å². The van der Waals surface area contributed by atoms with Crippen LogP contribution in [0.1, 0.15) is 18.9 Å². The predicted molar refractivity (Wildman–Crippen MR) is 117 cm³/mol. The fraction of sp³-hybridized carbons (Fsp3) is 0.348. The number of carbonyl (C=O) groups is 2. The minimum atomic E-state index is -0.528. The number of fused-ring (bicyclic) bond motifs is 1. The Morgan fingerprint density at radius 1 is 1.00 bits per heavy atom. The molecule has 0 N–H and O–H groups in total. The Kier molecular flexibility index (Phi) is 7.12. The SMILES string of the molecule is CCn1c(=O)n(CCC(=O)OCC(=O)N(C)Cc2ccccc2OC)c2ccccc21. The zero-order valence-electron chi connectivity index (χ0n) is 18.0. The summed E-state index contributed by atoms with van der Waals surface area (Å²) in [5, 5.41) is 0. The Morgan fingerprint density at radius 2 is 1.65 bits per heavy atom. The molecular formula is C23H27N3O5. The van der Waals surface area contributed by atoms with Gasteiger partial charge in [0, 0.05) is 32.2 Å². The third-order valence-electron chi connectivity index (χ3n) is 5.16. The molecular weight excluding hydrogens is 398 g/mol. The number of esters is 1. The quantitative estimate of drug-likeness (QED) is 0.492. The molecule has 3 aromatic rings. The number of para-hydroxylation sites is 3. The van der Waals surface area contributed by atoms with Crippen LogP contribution in [0.15, 0.2) is 53.3 Å². The van der Waals surface area contributed by atoms with Crippen LogP contribution in [0.25, 0.3) is 11.0 Å². The van der Waals surface area contributed by atoms with Gasteiger partial charge in [0.05, 0.1) is 24.6 Å². The summed E-state index contributed by atoms with van der Waals surface area (Å²) in [6, 6.07) is 14.9. The first-order valence-electron chi connectivity index (χ1n) is 10.2. The fourth-order valence-electron chi connectivity index (χ4n) is 3.50. The number of hydrogen-bond donors (Lipinski definition) is 0. The van der Waals surface area contributed by atoms with Gasteiger partial charge < -0.3 is 14.4 Å². The van der Waals surface area contributed by atoms with Gasteiger partial charge in [-0.15, -0.1) is 0 Å². The van der Waals surface area contributed by atoms with E-state index < -0.39 is 5.97 Å². The van der Waals surface area contributed by atoms with E-state index in [0.29, 0.717) is 18.8 Å². The van der Waals surface area contributed by atoms with E-state index in [1.807, 2.05) is 55.5 Å². The maximum atomic E-state index is 12.6. The van der Waals surface area contributed by atoms with E-state index in [4.69, 9.17) is 9.47 Å². The second-order valence-corrected chi connectivity index (χ2v) is 7.14. The summed E-state index contributed by atoms with van der Waals surface area (Å²) < 4.78 is 13.7. The van der Waals surface area contributed by atoms with Crippen molar-refractivity contribution in [2.24, 2.45) is 0 Å². The molecule has 8 heteroatoms. The van der Waals surface area contributed by atoms with E-state index in [-0.39, 0.29) is 31.2 Å². The molecule has 0 unspecified atom stereocenters. The number of carbonyl (C=O) groups excluding carboxylic acids is 2. The number of likely N-dealkylation sites (N-methyl/N-ethyl adjacent to an activating group) is 1. The highest BCUT2D eigenvalue weighted by atomic mass is 16.5. The minimum Gasteiger partial charge on any atom is -0.496 e. The van der Waals surface area contributed by atoms with Crippen LogP contribution in [-0.2, 0) is 34.0 Å². The zero-order chi connectivity index (χ0) is 22.4. The highest BCUT2D eigenvalue weighted by molar-refractivity contribution is 5.80. The first-order chi connectivity index (χ1) is 15.0. The van der Waals surface area contributed by atoms with Gasteiger partial charge in [0.25, 0.3) is 5.91 Å². The third-order valence-corrected chi connectivity index (χ3v) is 5.16. The molecule has 0 fully saturated rings. The van der Waals surface area contributed by atoms with Crippen molar-refractivity contribution in [1.29, 1.82) is 0 Å². The van der Waals surface area contributed by atoms with Crippen molar-refractivity contribution in [2.75, 3.05) is 20.8 Å². The maximum absolute atomic E-state index is 12.6. The first-order valence-corrected chi connectivity index (χ1v) is 10.2. The van der Waals surface area contributed by atoms with Crippen LogP contribution in [0, 0.1) is 0 Å². The Balaban J connectivity index is 1.55. The number of ether oxygens (including phenoxy) is 2. The number of amides is 1. The average Bonchev–Trinajstić information content (AvgIpc) is 3.06. The Labute approximate surface area is 180 Å². The molecule has 31 heavy (non-hydrogen) atoms. The molecule has 1 aromatic heterocycles. The molecule has 1 amide bonds. The lowest BCUT2D eigenvalue weighted by atomic mass is 10.2. The molecule has 2 aromatic carbocycles. The molecule has 1 heterocycles. The van der Waals surface area contributed by atoms with Gasteiger partial charge in [-0.3, -0.25) is 18.7 Å². The number of aryl methyl sites for hydroxylation is 2. The summed E-state index contributed by atoms with van der Waals surface area (Å²) in [4.78, 5) is 38.6. The molecule has 0 aliphatic rings. The summed E-state index contributed by atoms with van der Waals surface area (Å²) in [5.41, 5.74) is 2.30. The molecule has 8 nitrogen and oxygen atoms in total. The monoisotopic (exact) mass is 425 g/mol. The number of benzene rings is 2. The van der Waals surface area contributed by atoms with Crippen LogP contribution >= 0.6 is 0 Å². The predicted octanol–water partition coefficient (Wildman–Crippen LogP) is 2.42. The molecule has 0 radical (unpaired) electrons. The number of hydrogen-bond acceptors (Lipinski definition) is 5. The van der Waals surface area contributed by atoms with Crippen molar-refractivity contribution in [3.05, 3.63) is 64.6 Å². The van der Waals surface area contributed by atoms with Crippen molar-refractivity contribution < 1.29 is 19.1 Å².